The second-order valence-electron chi connectivity index (χ2n) is 7.76. The molecule has 2 aromatic carbocycles. The first-order valence-electron chi connectivity index (χ1n) is 10.6. The monoisotopic (exact) mass is 548 g/mol. The number of methoxy groups -OCH3 is 1. The van der Waals surface area contributed by atoms with Gasteiger partial charge in [-0.2, -0.15) is 0 Å². The van der Waals surface area contributed by atoms with Gasteiger partial charge in [0.05, 0.1) is 12.0 Å². The van der Waals surface area contributed by atoms with E-state index < -0.39 is 11.1 Å². The molecule has 0 bridgehead atoms. The lowest BCUT2D eigenvalue weighted by Gasteiger charge is -2.18. The summed E-state index contributed by atoms with van der Waals surface area (Å²) >= 11 is 4.25. The minimum absolute atomic E-state index is 0.0127. The molecule has 0 aliphatic carbocycles. The van der Waals surface area contributed by atoms with Gasteiger partial charge in [-0.3, -0.25) is 19.3 Å². The van der Waals surface area contributed by atoms with Crippen molar-refractivity contribution in [2.75, 3.05) is 26.7 Å². The van der Waals surface area contributed by atoms with Crippen LogP contribution in [0.15, 0.2) is 45.8 Å². The predicted octanol–water partition coefficient (Wildman–Crippen LogP) is 4.83. The predicted molar refractivity (Wildman–Crippen MR) is 130 cm³/mol. The molecule has 2 aliphatic rings. The largest absolute Gasteiger partial charge is 0.493 e. The fraction of sp³-hybridized carbons (Fsp3) is 0.292. The van der Waals surface area contributed by atoms with Crippen molar-refractivity contribution in [2.24, 2.45) is 0 Å². The molecule has 3 amide bonds. The normalized spacial score (nSPS) is 17.1. The van der Waals surface area contributed by atoms with Crippen molar-refractivity contribution in [1.82, 2.24) is 9.80 Å². The van der Waals surface area contributed by atoms with Gasteiger partial charge in [-0.25, -0.2) is 4.39 Å². The van der Waals surface area contributed by atoms with Crippen LogP contribution in [-0.2, 0) is 16.2 Å². The van der Waals surface area contributed by atoms with E-state index in [4.69, 9.17) is 9.47 Å². The molecule has 2 aliphatic heterocycles. The fourth-order valence-corrected chi connectivity index (χ4v) is 4.95. The molecule has 0 unspecified atom stereocenters. The number of thioether (sulfide) groups is 1. The molecular weight excluding hydrogens is 527 g/mol. The van der Waals surface area contributed by atoms with Gasteiger partial charge in [0.25, 0.3) is 11.1 Å². The molecule has 0 saturated carbocycles. The number of carbonyl (C=O) groups excluding carboxylic acids is 3. The van der Waals surface area contributed by atoms with Crippen LogP contribution in [0.25, 0.3) is 6.08 Å². The lowest BCUT2D eigenvalue weighted by Crippen LogP contribution is -2.40. The summed E-state index contributed by atoms with van der Waals surface area (Å²) in [6.45, 7) is 1.07. The molecule has 0 spiro atoms. The topological polar surface area (TPSA) is 76.2 Å². The fourth-order valence-electron chi connectivity index (χ4n) is 3.68. The second kappa shape index (κ2) is 10.6. The van der Waals surface area contributed by atoms with Gasteiger partial charge in [0.1, 0.15) is 19.0 Å². The third kappa shape index (κ3) is 5.28. The van der Waals surface area contributed by atoms with E-state index in [1.807, 2.05) is 0 Å². The second-order valence-corrected chi connectivity index (χ2v) is 9.61. The molecule has 4 rings (SSSR count). The van der Waals surface area contributed by atoms with Crippen LogP contribution >= 0.6 is 27.7 Å². The van der Waals surface area contributed by atoms with Gasteiger partial charge in [-0.05, 0) is 54.4 Å². The number of nitrogens with zero attached hydrogens (tertiary/aromatic N) is 2. The SMILES string of the molecule is COc1cc(/C=C2/SC(=O)N(CC(=O)N3CCCC3)C2=O)c(Br)cc1OCc1ccccc1F. The summed E-state index contributed by atoms with van der Waals surface area (Å²) in [7, 11) is 1.47. The van der Waals surface area contributed by atoms with Crippen LogP contribution in [0.3, 0.4) is 0 Å². The number of hydrogen-bond acceptors (Lipinski definition) is 6. The number of amides is 3. The number of halogens is 2. The smallest absolute Gasteiger partial charge is 0.294 e. The van der Waals surface area contributed by atoms with Crippen LogP contribution in [0.2, 0.25) is 0 Å². The molecular formula is C24H22BrFN2O5S. The summed E-state index contributed by atoms with van der Waals surface area (Å²) in [6.07, 6.45) is 3.44. The Balaban J connectivity index is 1.50. The zero-order valence-electron chi connectivity index (χ0n) is 18.4. The number of rotatable bonds is 7. The number of imide groups is 1. The van der Waals surface area contributed by atoms with Crippen molar-refractivity contribution in [1.29, 1.82) is 0 Å². The van der Waals surface area contributed by atoms with Crippen LogP contribution in [0, 0.1) is 5.82 Å². The summed E-state index contributed by atoms with van der Waals surface area (Å²) in [4.78, 5) is 40.5. The maximum atomic E-state index is 13.9. The Kier molecular flexibility index (Phi) is 7.57. The minimum atomic E-state index is -0.506. The number of carbonyl (C=O) groups is 3. The average molecular weight is 549 g/mol. The van der Waals surface area contributed by atoms with Gasteiger partial charge in [0.2, 0.25) is 5.91 Å². The van der Waals surface area contributed by atoms with Gasteiger partial charge >= 0.3 is 0 Å². The van der Waals surface area contributed by atoms with Gasteiger partial charge < -0.3 is 14.4 Å². The van der Waals surface area contributed by atoms with Crippen molar-refractivity contribution in [2.45, 2.75) is 19.4 Å². The Labute approximate surface area is 209 Å². The molecule has 2 fully saturated rings. The molecule has 7 nitrogen and oxygen atoms in total. The van der Waals surface area contributed by atoms with Crippen molar-refractivity contribution in [3.8, 4) is 11.5 Å². The van der Waals surface area contributed by atoms with E-state index in [-0.39, 0.29) is 29.8 Å². The Morgan fingerprint density at radius 2 is 1.91 bits per heavy atom. The zero-order chi connectivity index (χ0) is 24.2. The Morgan fingerprint density at radius 1 is 1.18 bits per heavy atom. The Morgan fingerprint density at radius 3 is 2.62 bits per heavy atom. The molecule has 2 aromatic rings. The molecule has 178 valence electrons. The Hall–Kier alpha value is -2.85. The first-order chi connectivity index (χ1) is 16.4. The summed E-state index contributed by atoms with van der Waals surface area (Å²) in [6, 6.07) is 9.64. The third-order valence-corrected chi connectivity index (χ3v) is 7.13. The van der Waals surface area contributed by atoms with Crippen LogP contribution in [0.1, 0.15) is 24.0 Å². The number of hydrogen-bond donors (Lipinski definition) is 0. The third-order valence-electron chi connectivity index (χ3n) is 5.54. The van der Waals surface area contributed by atoms with E-state index in [0.29, 0.717) is 40.2 Å². The van der Waals surface area contributed by atoms with E-state index in [1.54, 1.807) is 41.3 Å². The maximum Gasteiger partial charge on any atom is 0.294 e. The molecule has 34 heavy (non-hydrogen) atoms. The van der Waals surface area contributed by atoms with Crippen molar-refractivity contribution >= 4 is 50.8 Å². The number of benzene rings is 2. The highest BCUT2D eigenvalue weighted by atomic mass is 79.9. The van der Waals surface area contributed by atoms with E-state index >= 15 is 0 Å². The molecule has 0 radical (unpaired) electrons. The standard InChI is InChI=1S/C24H22BrFN2O5S/c1-32-19-10-16(17(25)12-20(19)33-14-15-6-2-3-7-18(15)26)11-21-23(30)28(24(31)34-21)13-22(29)27-8-4-5-9-27/h2-3,6-7,10-12H,4-5,8-9,13-14H2,1H3/b21-11+. The molecule has 0 aromatic heterocycles. The van der Waals surface area contributed by atoms with Gasteiger partial charge in [0.15, 0.2) is 11.5 Å². The summed E-state index contributed by atoms with van der Waals surface area (Å²) in [5, 5.41) is -0.475. The van der Waals surface area contributed by atoms with Crippen LogP contribution < -0.4 is 9.47 Å². The molecule has 0 N–H and O–H groups in total. The zero-order valence-corrected chi connectivity index (χ0v) is 20.8. The van der Waals surface area contributed by atoms with Crippen LogP contribution in [0.4, 0.5) is 9.18 Å². The van der Waals surface area contributed by atoms with Gasteiger partial charge in [-0.1, -0.05) is 34.1 Å². The highest BCUT2D eigenvalue weighted by Crippen LogP contribution is 2.38. The van der Waals surface area contributed by atoms with Crippen molar-refractivity contribution < 1.29 is 28.2 Å². The number of likely N-dealkylation sites (tertiary alicyclic amines) is 1. The maximum absolute atomic E-state index is 13.9. The van der Waals surface area contributed by atoms with Crippen molar-refractivity contribution in [3.05, 3.63) is 62.7 Å². The minimum Gasteiger partial charge on any atom is -0.493 e. The van der Waals surface area contributed by atoms with Crippen LogP contribution in [-0.4, -0.2) is 53.6 Å². The highest BCUT2D eigenvalue weighted by Gasteiger charge is 2.37. The van der Waals surface area contributed by atoms with E-state index in [1.165, 1.54) is 13.2 Å². The van der Waals surface area contributed by atoms with Crippen molar-refractivity contribution in [3.63, 3.8) is 0 Å². The first kappa shape index (κ1) is 24.3. The lowest BCUT2D eigenvalue weighted by atomic mass is 10.1. The quantitative estimate of drug-likeness (QED) is 0.461. The first-order valence-corrected chi connectivity index (χ1v) is 12.2. The van der Waals surface area contributed by atoms with Crippen LogP contribution in [0.5, 0.6) is 11.5 Å². The summed E-state index contributed by atoms with van der Waals surface area (Å²) in [5.74, 6) is -0.321. The van der Waals surface area contributed by atoms with Gasteiger partial charge in [0, 0.05) is 23.1 Å². The molecule has 0 atom stereocenters. The molecule has 2 heterocycles. The highest BCUT2D eigenvalue weighted by molar-refractivity contribution is 9.10. The van der Waals surface area contributed by atoms with Gasteiger partial charge in [-0.15, -0.1) is 0 Å². The van der Waals surface area contributed by atoms with E-state index in [0.717, 1.165) is 29.5 Å². The molecule has 2 saturated heterocycles. The number of ether oxygens (including phenoxy) is 2. The molecule has 10 heteroatoms. The van der Waals surface area contributed by atoms with E-state index in [9.17, 15) is 18.8 Å². The average Bonchev–Trinajstić information content (AvgIpc) is 3.45. The van der Waals surface area contributed by atoms with E-state index in [2.05, 4.69) is 15.9 Å². The Bertz CT molecular complexity index is 1170. The lowest BCUT2D eigenvalue weighted by molar-refractivity contribution is -0.135. The summed E-state index contributed by atoms with van der Waals surface area (Å²) < 4.78 is 25.7. The summed E-state index contributed by atoms with van der Waals surface area (Å²) in [5.41, 5.74) is 0.994.